The van der Waals surface area contributed by atoms with Gasteiger partial charge in [-0.3, -0.25) is 14.5 Å². The van der Waals surface area contributed by atoms with Crippen molar-refractivity contribution in [2.75, 3.05) is 31.5 Å². The number of carbonyl (C=O) groups is 2. The third-order valence-electron chi connectivity index (χ3n) is 5.24. The van der Waals surface area contributed by atoms with E-state index in [1.165, 1.54) is 6.92 Å². The van der Waals surface area contributed by atoms with Crippen molar-refractivity contribution in [1.29, 1.82) is 0 Å². The van der Waals surface area contributed by atoms with Crippen molar-refractivity contribution < 1.29 is 9.59 Å². The Hall–Kier alpha value is -3.16. The molecule has 0 aliphatic carbocycles. The summed E-state index contributed by atoms with van der Waals surface area (Å²) >= 11 is 6.27. The number of aromatic nitrogens is 2. The van der Waals surface area contributed by atoms with Gasteiger partial charge in [-0.15, -0.1) is 0 Å². The normalized spacial score (nSPS) is 14.5. The lowest BCUT2D eigenvalue weighted by molar-refractivity contribution is -0.114. The van der Waals surface area contributed by atoms with Gasteiger partial charge >= 0.3 is 0 Å². The van der Waals surface area contributed by atoms with E-state index in [2.05, 4.69) is 15.3 Å². The maximum atomic E-state index is 13.1. The Morgan fingerprint density at radius 2 is 1.68 bits per heavy atom. The van der Waals surface area contributed by atoms with Gasteiger partial charge in [-0.1, -0.05) is 48.0 Å². The maximum absolute atomic E-state index is 13.1. The highest BCUT2D eigenvalue weighted by Crippen LogP contribution is 2.21. The van der Waals surface area contributed by atoms with E-state index in [0.29, 0.717) is 24.6 Å². The topological polar surface area (TPSA) is 70.5 Å². The second-order valence-electron chi connectivity index (χ2n) is 7.50. The van der Waals surface area contributed by atoms with Gasteiger partial charge in [0.2, 0.25) is 5.91 Å². The van der Waals surface area contributed by atoms with Crippen LogP contribution in [0.1, 0.15) is 23.0 Å². The number of rotatable bonds is 5. The second kappa shape index (κ2) is 9.32. The Morgan fingerprint density at radius 3 is 2.35 bits per heavy atom. The first-order chi connectivity index (χ1) is 15.0. The standard InChI is InChI=1S/C23H24ClN5O2/c1-17(30)25-22-15-21(26-29(22)19-8-3-2-4-9-19)23(31)28-13-11-27(12-14-28)16-18-7-5-6-10-20(18)24/h2-10,15H,11-14,16H2,1H3,(H,25,30). The number of hydrogen-bond acceptors (Lipinski definition) is 4. The van der Waals surface area contributed by atoms with Gasteiger partial charge in [-0.2, -0.15) is 5.10 Å². The molecule has 0 atom stereocenters. The average molecular weight is 438 g/mol. The molecule has 0 radical (unpaired) electrons. The molecule has 1 aromatic heterocycles. The highest BCUT2D eigenvalue weighted by molar-refractivity contribution is 6.31. The molecule has 3 aromatic rings. The van der Waals surface area contributed by atoms with Crippen LogP contribution in [-0.4, -0.2) is 57.6 Å². The van der Waals surface area contributed by atoms with Crippen LogP contribution in [-0.2, 0) is 11.3 Å². The van der Waals surface area contributed by atoms with Crippen LogP contribution in [0.4, 0.5) is 5.82 Å². The number of anilines is 1. The van der Waals surface area contributed by atoms with Crippen LogP contribution >= 0.6 is 11.6 Å². The van der Waals surface area contributed by atoms with Crippen molar-refractivity contribution in [1.82, 2.24) is 19.6 Å². The van der Waals surface area contributed by atoms with Gasteiger partial charge in [-0.25, -0.2) is 4.68 Å². The first-order valence-electron chi connectivity index (χ1n) is 10.2. The van der Waals surface area contributed by atoms with E-state index in [4.69, 9.17) is 11.6 Å². The molecule has 2 amide bonds. The molecule has 1 fully saturated rings. The van der Waals surface area contributed by atoms with Crippen LogP contribution in [0.25, 0.3) is 5.69 Å². The fraction of sp³-hybridized carbons (Fsp3) is 0.261. The Bertz CT molecular complexity index is 1070. The molecule has 0 spiro atoms. The van der Waals surface area contributed by atoms with E-state index >= 15 is 0 Å². The molecule has 1 aliphatic heterocycles. The third-order valence-corrected chi connectivity index (χ3v) is 5.61. The Balaban J connectivity index is 1.46. The van der Waals surface area contributed by atoms with E-state index in [1.807, 2.05) is 54.6 Å². The zero-order chi connectivity index (χ0) is 21.8. The molecular weight excluding hydrogens is 414 g/mol. The zero-order valence-corrected chi connectivity index (χ0v) is 18.0. The molecule has 0 saturated carbocycles. The number of nitrogens with zero attached hydrogens (tertiary/aromatic N) is 4. The Labute approximate surface area is 186 Å². The summed E-state index contributed by atoms with van der Waals surface area (Å²) in [7, 11) is 0. The quantitative estimate of drug-likeness (QED) is 0.663. The minimum atomic E-state index is -0.218. The number of hydrogen-bond donors (Lipinski definition) is 1. The molecular formula is C23H24ClN5O2. The SMILES string of the molecule is CC(=O)Nc1cc(C(=O)N2CCN(Cc3ccccc3Cl)CC2)nn1-c1ccccc1. The molecule has 1 aliphatic rings. The number of amides is 2. The predicted octanol–water partition coefficient (Wildman–Crippen LogP) is 3.44. The van der Waals surface area contributed by atoms with Crippen LogP contribution in [0, 0.1) is 0 Å². The van der Waals surface area contributed by atoms with Crippen molar-refractivity contribution in [3.8, 4) is 5.69 Å². The molecule has 4 rings (SSSR count). The first-order valence-corrected chi connectivity index (χ1v) is 10.6. The second-order valence-corrected chi connectivity index (χ2v) is 7.91. The van der Waals surface area contributed by atoms with E-state index in [9.17, 15) is 9.59 Å². The molecule has 1 saturated heterocycles. The van der Waals surface area contributed by atoms with Gasteiger partial charge < -0.3 is 10.2 Å². The Kier molecular flexibility index (Phi) is 6.34. The van der Waals surface area contributed by atoms with Gasteiger partial charge in [0.15, 0.2) is 5.69 Å². The van der Waals surface area contributed by atoms with Gasteiger partial charge in [0, 0.05) is 50.7 Å². The lowest BCUT2D eigenvalue weighted by atomic mass is 10.2. The number of para-hydroxylation sites is 1. The summed E-state index contributed by atoms with van der Waals surface area (Å²) < 4.78 is 1.59. The fourth-order valence-corrected chi connectivity index (χ4v) is 3.86. The molecule has 1 N–H and O–H groups in total. The maximum Gasteiger partial charge on any atom is 0.274 e. The van der Waals surface area contributed by atoms with E-state index in [1.54, 1.807) is 15.6 Å². The van der Waals surface area contributed by atoms with E-state index < -0.39 is 0 Å². The monoisotopic (exact) mass is 437 g/mol. The lowest BCUT2D eigenvalue weighted by Gasteiger charge is -2.34. The van der Waals surface area contributed by atoms with Crippen molar-refractivity contribution in [3.63, 3.8) is 0 Å². The molecule has 160 valence electrons. The minimum Gasteiger partial charge on any atom is -0.335 e. The van der Waals surface area contributed by atoms with Crippen molar-refractivity contribution >= 4 is 29.2 Å². The third kappa shape index (κ3) is 4.95. The van der Waals surface area contributed by atoms with Gasteiger partial charge in [0.25, 0.3) is 5.91 Å². The summed E-state index contributed by atoms with van der Waals surface area (Å²) in [5.41, 5.74) is 2.17. The van der Waals surface area contributed by atoms with Crippen LogP contribution < -0.4 is 5.32 Å². The number of benzene rings is 2. The minimum absolute atomic E-state index is 0.140. The largest absolute Gasteiger partial charge is 0.335 e. The van der Waals surface area contributed by atoms with Crippen LogP contribution in [0.15, 0.2) is 60.7 Å². The fourth-order valence-electron chi connectivity index (χ4n) is 3.66. The lowest BCUT2D eigenvalue weighted by Crippen LogP contribution is -2.48. The number of carbonyl (C=O) groups excluding carboxylic acids is 2. The molecule has 0 unspecified atom stereocenters. The molecule has 0 bridgehead atoms. The van der Waals surface area contributed by atoms with Crippen LogP contribution in [0.5, 0.6) is 0 Å². The highest BCUT2D eigenvalue weighted by atomic mass is 35.5. The summed E-state index contributed by atoms with van der Waals surface area (Å²) in [6.07, 6.45) is 0. The van der Waals surface area contributed by atoms with E-state index in [0.717, 1.165) is 35.9 Å². The summed E-state index contributed by atoms with van der Waals surface area (Å²) in [5.74, 6) is 0.113. The van der Waals surface area contributed by atoms with Gasteiger partial charge in [-0.05, 0) is 23.8 Å². The zero-order valence-electron chi connectivity index (χ0n) is 17.3. The summed E-state index contributed by atoms with van der Waals surface area (Å²) in [6.45, 7) is 4.93. The molecule has 31 heavy (non-hydrogen) atoms. The predicted molar refractivity (Wildman–Crippen MR) is 121 cm³/mol. The van der Waals surface area contributed by atoms with E-state index in [-0.39, 0.29) is 11.8 Å². The molecule has 8 heteroatoms. The van der Waals surface area contributed by atoms with Crippen molar-refractivity contribution in [2.45, 2.75) is 13.5 Å². The summed E-state index contributed by atoms with van der Waals surface area (Å²) in [6, 6.07) is 18.9. The highest BCUT2D eigenvalue weighted by Gasteiger charge is 2.25. The van der Waals surface area contributed by atoms with Crippen molar-refractivity contribution in [2.24, 2.45) is 0 Å². The number of nitrogens with one attached hydrogen (secondary N) is 1. The smallest absolute Gasteiger partial charge is 0.274 e. The first kappa shape index (κ1) is 21.1. The van der Waals surface area contributed by atoms with Gasteiger partial charge in [0.05, 0.1) is 5.69 Å². The van der Waals surface area contributed by atoms with Crippen molar-refractivity contribution in [3.05, 3.63) is 76.9 Å². The average Bonchev–Trinajstić information content (AvgIpc) is 3.19. The number of halogens is 1. The molecule has 2 aromatic carbocycles. The number of piperazine rings is 1. The Morgan fingerprint density at radius 1 is 1.00 bits per heavy atom. The summed E-state index contributed by atoms with van der Waals surface area (Å²) in [4.78, 5) is 28.8. The van der Waals surface area contributed by atoms with Gasteiger partial charge in [0.1, 0.15) is 5.82 Å². The summed E-state index contributed by atoms with van der Waals surface area (Å²) in [5, 5.41) is 8.01. The van der Waals surface area contributed by atoms with Crippen LogP contribution in [0.3, 0.4) is 0 Å². The van der Waals surface area contributed by atoms with Crippen LogP contribution in [0.2, 0.25) is 5.02 Å². The molecule has 7 nitrogen and oxygen atoms in total. The molecule has 2 heterocycles.